The second kappa shape index (κ2) is 11.1. The van der Waals surface area contributed by atoms with Crippen molar-refractivity contribution in [1.29, 1.82) is 0 Å². The fourth-order valence-corrected chi connectivity index (χ4v) is 2.54. The van der Waals surface area contributed by atoms with Crippen LogP contribution in [0.4, 0.5) is 0 Å². The lowest BCUT2D eigenvalue weighted by molar-refractivity contribution is 0.120. The molecule has 1 unspecified atom stereocenters. The lowest BCUT2D eigenvalue weighted by Crippen LogP contribution is -2.28. The van der Waals surface area contributed by atoms with Crippen molar-refractivity contribution in [3.05, 3.63) is 34.9 Å². The van der Waals surface area contributed by atoms with Crippen LogP contribution in [0.1, 0.15) is 39.2 Å². The molecule has 0 saturated carbocycles. The Morgan fingerprint density at radius 1 is 1.14 bits per heavy atom. The van der Waals surface area contributed by atoms with Gasteiger partial charge in [0.1, 0.15) is 0 Å². The molecule has 0 fully saturated rings. The molecule has 0 aromatic heterocycles. The van der Waals surface area contributed by atoms with Crippen LogP contribution in [0.5, 0.6) is 0 Å². The third kappa shape index (κ3) is 8.45. The molecule has 0 saturated heterocycles. The van der Waals surface area contributed by atoms with E-state index in [1.165, 1.54) is 5.56 Å². The van der Waals surface area contributed by atoms with Crippen LogP contribution in [-0.2, 0) is 11.2 Å². The van der Waals surface area contributed by atoms with E-state index in [0.29, 0.717) is 11.8 Å². The van der Waals surface area contributed by atoms with Gasteiger partial charge >= 0.3 is 0 Å². The quantitative estimate of drug-likeness (QED) is 0.605. The molecule has 1 N–H and O–H groups in total. The molecule has 1 aromatic rings. The monoisotopic (exact) mass is 311 g/mol. The Morgan fingerprint density at radius 2 is 1.90 bits per heavy atom. The fourth-order valence-electron chi connectivity index (χ4n) is 2.32. The first-order valence-electron chi connectivity index (χ1n) is 8.15. The van der Waals surface area contributed by atoms with E-state index in [-0.39, 0.29) is 0 Å². The molecule has 120 valence electrons. The highest BCUT2D eigenvalue weighted by atomic mass is 35.5. The lowest BCUT2D eigenvalue weighted by atomic mass is 9.96. The molecule has 0 aliphatic carbocycles. The first kappa shape index (κ1) is 18.5. The Hall–Kier alpha value is -0.570. The first-order valence-corrected chi connectivity index (χ1v) is 8.53. The molecule has 1 aromatic carbocycles. The largest absolute Gasteiger partial charge is 0.381 e. The van der Waals surface area contributed by atoms with Crippen molar-refractivity contribution in [2.24, 2.45) is 11.8 Å². The summed E-state index contributed by atoms with van der Waals surface area (Å²) in [6.45, 7) is 10.4. The van der Waals surface area contributed by atoms with Gasteiger partial charge < -0.3 is 10.1 Å². The van der Waals surface area contributed by atoms with E-state index in [2.05, 4.69) is 38.2 Å². The average Bonchev–Trinajstić information content (AvgIpc) is 2.45. The van der Waals surface area contributed by atoms with Gasteiger partial charge in [-0.15, -0.1) is 0 Å². The zero-order chi connectivity index (χ0) is 15.5. The zero-order valence-corrected chi connectivity index (χ0v) is 14.5. The molecule has 3 heteroatoms. The van der Waals surface area contributed by atoms with Crippen molar-refractivity contribution in [2.45, 2.75) is 40.0 Å². The molecule has 2 nitrogen and oxygen atoms in total. The third-order valence-corrected chi connectivity index (χ3v) is 3.84. The van der Waals surface area contributed by atoms with Crippen molar-refractivity contribution in [3.63, 3.8) is 0 Å². The van der Waals surface area contributed by atoms with Crippen molar-refractivity contribution in [1.82, 2.24) is 5.32 Å². The number of hydrogen-bond donors (Lipinski definition) is 1. The molecule has 0 amide bonds. The maximum atomic E-state index is 6.28. The Bertz CT molecular complexity index is 381. The predicted octanol–water partition coefficient (Wildman–Crippen LogP) is 4.56. The summed E-state index contributed by atoms with van der Waals surface area (Å²) >= 11 is 6.28. The van der Waals surface area contributed by atoms with E-state index in [1.807, 2.05) is 12.1 Å². The molecule has 21 heavy (non-hydrogen) atoms. The zero-order valence-electron chi connectivity index (χ0n) is 13.7. The van der Waals surface area contributed by atoms with Crippen LogP contribution in [0.3, 0.4) is 0 Å². The van der Waals surface area contributed by atoms with Crippen LogP contribution >= 0.6 is 11.6 Å². The third-order valence-electron chi connectivity index (χ3n) is 3.47. The minimum atomic E-state index is 0.570. The van der Waals surface area contributed by atoms with E-state index in [9.17, 15) is 0 Å². The highest BCUT2D eigenvalue weighted by molar-refractivity contribution is 6.31. The van der Waals surface area contributed by atoms with E-state index in [0.717, 1.165) is 50.6 Å². The van der Waals surface area contributed by atoms with Crippen LogP contribution in [0.2, 0.25) is 5.02 Å². The summed E-state index contributed by atoms with van der Waals surface area (Å²) in [5.41, 5.74) is 1.24. The van der Waals surface area contributed by atoms with E-state index < -0.39 is 0 Å². The van der Waals surface area contributed by atoms with Crippen LogP contribution in [0.15, 0.2) is 24.3 Å². The number of rotatable bonds is 11. The molecule has 0 bridgehead atoms. The van der Waals surface area contributed by atoms with Crippen molar-refractivity contribution in [2.75, 3.05) is 26.3 Å². The van der Waals surface area contributed by atoms with Gasteiger partial charge in [-0.3, -0.25) is 0 Å². The van der Waals surface area contributed by atoms with Gasteiger partial charge in [0.05, 0.1) is 0 Å². The molecule has 1 rings (SSSR count). The number of nitrogens with one attached hydrogen (secondary N) is 1. The van der Waals surface area contributed by atoms with Gasteiger partial charge in [0.25, 0.3) is 0 Å². The topological polar surface area (TPSA) is 21.3 Å². The molecule has 1 atom stereocenters. The normalized spacial score (nSPS) is 12.8. The van der Waals surface area contributed by atoms with Gasteiger partial charge in [-0.05, 0) is 55.8 Å². The van der Waals surface area contributed by atoms with Gasteiger partial charge in [-0.2, -0.15) is 0 Å². The molecule has 0 aliphatic heterocycles. The van der Waals surface area contributed by atoms with Crippen LogP contribution in [0, 0.1) is 11.8 Å². The summed E-state index contributed by atoms with van der Waals surface area (Å²) in [4.78, 5) is 0. The molecular formula is C18H30ClNO. The summed E-state index contributed by atoms with van der Waals surface area (Å²) in [7, 11) is 0. The molecular weight excluding hydrogens is 282 g/mol. The van der Waals surface area contributed by atoms with Gasteiger partial charge in [0.15, 0.2) is 0 Å². The Balaban J connectivity index is 2.47. The van der Waals surface area contributed by atoms with Crippen molar-refractivity contribution >= 4 is 11.6 Å². The summed E-state index contributed by atoms with van der Waals surface area (Å²) in [5.74, 6) is 1.25. The summed E-state index contributed by atoms with van der Waals surface area (Å²) in [6.07, 6.45) is 3.18. The summed E-state index contributed by atoms with van der Waals surface area (Å²) in [6, 6.07) is 8.16. The number of ether oxygens (including phenoxy) is 1. The van der Waals surface area contributed by atoms with Crippen LogP contribution in [0.25, 0.3) is 0 Å². The minimum absolute atomic E-state index is 0.570. The van der Waals surface area contributed by atoms with E-state index >= 15 is 0 Å². The maximum Gasteiger partial charge on any atom is 0.0469 e. The van der Waals surface area contributed by atoms with Gasteiger partial charge in [0.2, 0.25) is 0 Å². The van der Waals surface area contributed by atoms with Crippen molar-refractivity contribution < 1.29 is 4.74 Å². The smallest absolute Gasteiger partial charge is 0.0469 e. The SMILES string of the molecule is CCCOCCC(CNCC(C)C)Cc1ccccc1Cl. The highest BCUT2D eigenvalue weighted by Gasteiger charge is 2.12. The highest BCUT2D eigenvalue weighted by Crippen LogP contribution is 2.20. The summed E-state index contributed by atoms with van der Waals surface area (Å²) < 4.78 is 5.65. The second-order valence-corrected chi connectivity index (χ2v) is 6.52. The van der Waals surface area contributed by atoms with Crippen LogP contribution in [-0.4, -0.2) is 26.3 Å². The standard InChI is InChI=1S/C18H30ClNO/c1-4-10-21-11-9-16(14-20-13-15(2)3)12-17-7-5-6-8-18(17)19/h5-8,15-16,20H,4,9-14H2,1-3H3. The van der Waals surface area contributed by atoms with Crippen molar-refractivity contribution in [3.8, 4) is 0 Å². The van der Waals surface area contributed by atoms with E-state index in [1.54, 1.807) is 0 Å². The minimum Gasteiger partial charge on any atom is -0.381 e. The molecule has 0 radical (unpaired) electrons. The Morgan fingerprint density at radius 3 is 2.57 bits per heavy atom. The lowest BCUT2D eigenvalue weighted by Gasteiger charge is -2.19. The van der Waals surface area contributed by atoms with E-state index in [4.69, 9.17) is 16.3 Å². The second-order valence-electron chi connectivity index (χ2n) is 6.11. The predicted molar refractivity (Wildman–Crippen MR) is 92.1 cm³/mol. The van der Waals surface area contributed by atoms with Gasteiger partial charge in [-0.1, -0.05) is 50.6 Å². The Labute approximate surface area is 135 Å². The fraction of sp³-hybridized carbons (Fsp3) is 0.667. The Kier molecular flexibility index (Phi) is 9.73. The number of benzene rings is 1. The maximum absolute atomic E-state index is 6.28. The first-order chi connectivity index (χ1) is 10.1. The summed E-state index contributed by atoms with van der Waals surface area (Å²) in [5, 5.41) is 4.44. The molecule has 0 aliphatic rings. The van der Waals surface area contributed by atoms with Crippen LogP contribution < -0.4 is 5.32 Å². The van der Waals surface area contributed by atoms with Gasteiger partial charge in [-0.25, -0.2) is 0 Å². The number of hydrogen-bond acceptors (Lipinski definition) is 2. The average molecular weight is 312 g/mol. The number of halogens is 1. The molecule has 0 heterocycles. The van der Waals surface area contributed by atoms with Gasteiger partial charge in [0, 0.05) is 18.2 Å². The molecule has 0 spiro atoms.